The van der Waals surface area contributed by atoms with Gasteiger partial charge in [0.25, 0.3) is 0 Å². The van der Waals surface area contributed by atoms with Crippen LogP contribution in [0.15, 0.2) is 36.4 Å². The lowest BCUT2D eigenvalue weighted by Gasteiger charge is -2.08. The maximum atomic E-state index is 8.94. The van der Waals surface area contributed by atoms with E-state index in [0.29, 0.717) is 18.7 Å². The van der Waals surface area contributed by atoms with Crippen LogP contribution < -0.4 is 5.73 Å². The Morgan fingerprint density at radius 3 is 2.68 bits per heavy atom. The van der Waals surface area contributed by atoms with Crippen molar-refractivity contribution in [2.45, 2.75) is 26.8 Å². The van der Waals surface area contributed by atoms with Crippen LogP contribution in [0.4, 0.5) is 5.69 Å². The first-order chi connectivity index (χ1) is 10.6. The number of nitrogen functional groups attached to an aromatic ring is 1. The smallest absolute Gasteiger partial charge is 0.141 e. The summed E-state index contributed by atoms with van der Waals surface area (Å²) in [4.78, 5) is 4.78. The number of hydrogen-bond donors (Lipinski definition) is 1. The van der Waals surface area contributed by atoms with E-state index in [1.54, 1.807) is 0 Å². The van der Waals surface area contributed by atoms with E-state index in [-0.39, 0.29) is 0 Å². The normalized spacial score (nSPS) is 10.8. The number of benzene rings is 2. The molecule has 0 spiro atoms. The molecular weight excluding hydrogens is 272 g/mol. The molecule has 110 valence electrons. The molecule has 2 aromatic carbocycles. The second-order valence-electron chi connectivity index (χ2n) is 5.55. The van der Waals surface area contributed by atoms with Gasteiger partial charge in [0.1, 0.15) is 5.82 Å². The lowest BCUT2D eigenvalue weighted by atomic mass is 10.1. The van der Waals surface area contributed by atoms with Crippen LogP contribution in [-0.4, -0.2) is 9.55 Å². The third-order valence-corrected chi connectivity index (χ3v) is 3.96. The molecule has 1 aromatic heterocycles. The Bertz CT molecular complexity index is 884. The fraction of sp³-hybridized carbons (Fsp3) is 0.222. The van der Waals surface area contributed by atoms with Crippen molar-refractivity contribution in [1.82, 2.24) is 9.55 Å². The van der Waals surface area contributed by atoms with Crippen LogP contribution in [0.2, 0.25) is 0 Å². The van der Waals surface area contributed by atoms with E-state index < -0.39 is 0 Å². The standard InChI is InChI=1S/C18H18N4/c1-12-9-16-17(10-13(12)2)22(8-4-7-19)18(21-16)14-5-3-6-15(20)11-14/h3,5-6,9-11H,4,8,20H2,1-2H3. The molecule has 0 aliphatic carbocycles. The zero-order chi connectivity index (χ0) is 15.7. The summed E-state index contributed by atoms with van der Waals surface area (Å²) in [5.74, 6) is 0.863. The fourth-order valence-electron chi connectivity index (χ4n) is 2.67. The van der Waals surface area contributed by atoms with Crippen molar-refractivity contribution < 1.29 is 0 Å². The molecular formula is C18H18N4. The van der Waals surface area contributed by atoms with Crippen molar-refractivity contribution in [2.24, 2.45) is 0 Å². The zero-order valence-corrected chi connectivity index (χ0v) is 12.8. The number of nitrogens with zero attached hydrogens (tertiary/aromatic N) is 3. The molecule has 4 nitrogen and oxygen atoms in total. The molecule has 0 unspecified atom stereocenters. The summed E-state index contributed by atoms with van der Waals surface area (Å²) in [7, 11) is 0. The van der Waals surface area contributed by atoms with E-state index >= 15 is 0 Å². The summed E-state index contributed by atoms with van der Waals surface area (Å²) in [6, 6.07) is 14.2. The van der Waals surface area contributed by atoms with Crippen molar-refractivity contribution in [1.29, 1.82) is 5.26 Å². The Morgan fingerprint density at radius 2 is 1.95 bits per heavy atom. The molecule has 1 heterocycles. The van der Waals surface area contributed by atoms with Crippen molar-refractivity contribution in [3.05, 3.63) is 47.5 Å². The number of hydrogen-bond acceptors (Lipinski definition) is 3. The minimum absolute atomic E-state index is 0.452. The largest absolute Gasteiger partial charge is 0.399 e. The lowest BCUT2D eigenvalue weighted by molar-refractivity contribution is 0.744. The van der Waals surface area contributed by atoms with Crippen LogP contribution in [0, 0.1) is 25.2 Å². The van der Waals surface area contributed by atoms with E-state index in [2.05, 4.69) is 36.6 Å². The summed E-state index contributed by atoms with van der Waals surface area (Å²) in [5.41, 5.74) is 12.1. The van der Waals surface area contributed by atoms with Gasteiger partial charge in [0.05, 0.1) is 23.5 Å². The highest BCUT2D eigenvalue weighted by atomic mass is 15.1. The monoisotopic (exact) mass is 290 g/mol. The van der Waals surface area contributed by atoms with Crippen molar-refractivity contribution >= 4 is 16.7 Å². The van der Waals surface area contributed by atoms with Gasteiger partial charge in [0.15, 0.2) is 0 Å². The summed E-state index contributed by atoms with van der Waals surface area (Å²) in [6.07, 6.45) is 0.452. The highest BCUT2D eigenvalue weighted by molar-refractivity contribution is 5.82. The molecule has 22 heavy (non-hydrogen) atoms. The maximum absolute atomic E-state index is 8.94. The van der Waals surface area contributed by atoms with Crippen LogP contribution in [0.5, 0.6) is 0 Å². The maximum Gasteiger partial charge on any atom is 0.141 e. The molecule has 0 atom stereocenters. The third-order valence-electron chi connectivity index (χ3n) is 3.96. The minimum Gasteiger partial charge on any atom is -0.399 e. The molecule has 3 aromatic rings. The van der Waals surface area contributed by atoms with E-state index in [1.165, 1.54) is 11.1 Å². The first kappa shape index (κ1) is 14.2. The zero-order valence-electron chi connectivity index (χ0n) is 12.8. The molecule has 0 radical (unpaired) electrons. The van der Waals surface area contributed by atoms with Crippen LogP contribution in [0.25, 0.3) is 22.4 Å². The molecule has 2 N–H and O–H groups in total. The Morgan fingerprint density at radius 1 is 1.18 bits per heavy atom. The highest BCUT2D eigenvalue weighted by Crippen LogP contribution is 2.28. The molecule has 0 amide bonds. The Balaban J connectivity index is 2.26. The number of anilines is 1. The highest BCUT2D eigenvalue weighted by Gasteiger charge is 2.13. The predicted molar refractivity (Wildman–Crippen MR) is 89.3 cm³/mol. The van der Waals surface area contributed by atoms with E-state index in [0.717, 1.165) is 22.4 Å². The number of aromatic nitrogens is 2. The molecule has 3 rings (SSSR count). The Hall–Kier alpha value is -2.80. The number of nitriles is 1. The second kappa shape index (κ2) is 5.53. The Kier molecular flexibility index (Phi) is 3.56. The molecule has 0 bridgehead atoms. The van der Waals surface area contributed by atoms with Crippen molar-refractivity contribution in [3.63, 3.8) is 0 Å². The third kappa shape index (κ3) is 2.42. The first-order valence-corrected chi connectivity index (χ1v) is 7.30. The number of nitrogens with two attached hydrogens (primary N) is 1. The second-order valence-corrected chi connectivity index (χ2v) is 5.55. The molecule has 0 fully saturated rings. The predicted octanol–water partition coefficient (Wildman–Crippen LogP) is 3.82. The molecule has 0 saturated heterocycles. The van der Waals surface area contributed by atoms with Gasteiger partial charge in [-0.15, -0.1) is 0 Å². The molecule has 4 heteroatoms. The van der Waals surface area contributed by atoms with Gasteiger partial charge in [-0.3, -0.25) is 0 Å². The van der Waals surface area contributed by atoms with Crippen LogP contribution in [0.3, 0.4) is 0 Å². The summed E-state index contributed by atoms with van der Waals surface area (Å²) >= 11 is 0. The van der Waals surface area contributed by atoms with Gasteiger partial charge >= 0.3 is 0 Å². The van der Waals surface area contributed by atoms with Gasteiger partial charge in [-0.2, -0.15) is 5.26 Å². The van der Waals surface area contributed by atoms with Gasteiger partial charge in [-0.05, 0) is 49.2 Å². The number of imidazole rings is 1. The number of rotatable bonds is 3. The van der Waals surface area contributed by atoms with Crippen molar-refractivity contribution in [2.75, 3.05) is 5.73 Å². The fourth-order valence-corrected chi connectivity index (χ4v) is 2.67. The number of fused-ring (bicyclic) bond motifs is 1. The summed E-state index contributed by atoms with van der Waals surface area (Å²) in [6.45, 7) is 4.81. The summed E-state index contributed by atoms with van der Waals surface area (Å²) in [5, 5.41) is 8.94. The van der Waals surface area contributed by atoms with E-state index in [4.69, 9.17) is 16.0 Å². The first-order valence-electron chi connectivity index (χ1n) is 7.30. The SMILES string of the molecule is Cc1cc2nc(-c3cccc(N)c3)n(CCC#N)c2cc1C. The van der Waals surface area contributed by atoms with E-state index in [1.807, 2.05) is 24.3 Å². The quantitative estimate of drug-likeness (QED) is 0.746. The average Bonchev–Trinajstić information content (AvgIpc) is 2.83. The van der Waals surface area contributed by atoms with Crippen LogP contribution in [-0.2, 0) is 6.54 Å². The van der Waals surface area contributed by atoms with Crippen LogP contribution in [0.1, 0.15) is 17.5 Å². The van der Waals surface area contributed by atoms with Gasteiger partial charge in [-0.25, -0.2) is 4.98 Å². The van der Waals surface area contributed by atoms with Gasteiger partial charge in [0, 0.05) is 17.8 Å². The topological polar surface area (TPSA) is 67.6 Å². The van der Waals surface area contributed by atoms with Gasteiger partial charge in [-0.1, -0.05) is 12.1 Å². The lowest BCUT2D eigenvalue weighted by Crippen LogP contribution is -2.01. The van der Waals surface area contributed by atoms with Gasteiger partial charge in [0.2, 0.25) is 0 Å². The molecule has 0 aliphatic rings. The number of aryl methyl sites for hydroxylation is 3. The van der Waals surface area contributed by atoms with Crippen molar-refractivity contribution in [3.8, 4) is 17.5 Å². The summed E-state index contributed by atoms with van der Waals surface area (Å²) < 4.78 is 2.11. The minimum atomic E-state index is 0.452. The van der Waals surface area contributed by atoms with Gasteiger partial charge < -0.3 is 10.3 Å². The van der Waals surface area contributed by atoms with Crippen LogP contribution >= 0.6 is 0 Å². The Labute approximate surface area is 129 Å². The van der Waals surface area contributed by atoms with E-state index in [9.17, 15) is 0 Å². The molecule has 0 saturated carbocycles. The molecule has 0 aliphatic heterocycles. The average molecular weight is 290 g/mol.